The molecule has 3 rings (SSSR count). The molecule has 1 atom stereocenters. The summed E-state index contributed by atoms with van der Waals surface area (Å²) in [5.41, 5.74) is 0.535. The first kappa shape index (κ1) is 18.4. The van der Waals surface area contributed by atoms with E-state index in [2.05, 4.69) is 4.74 Å². The van der Waals surface area contributed by atoms with E-state index < -0.39 is 33.8 Å². The third-order valence-corrected chi connectivity index (χ3v) is 6.13. The minimum absolute atomic E-state index is 0.0204. The van der Waals surface area contributed by atoms with Crippen molar-refractivity contribution in [2.24, 2.45) is 0 Å². The Morgan fingerprint density at radius 3 is 2.77 bits per heavy atom. The number of esters is 1. The standard InChI is InChI=1S/C16H19FN2O6S/c1-24-15(20)14-10-19(16(21)25-14)11-3-4-13(12(17)9-11)18-5-2-7-26(22,23)8-6-18/h3-4,9,14H,2,5-8,10H2,1H3/t14-/m1/s1. The highest BCUT2D eigenvalue weighted by Crippen LogP contribution is 2.29. The summed E-state index contributed by atoms with van der Waals surface area (Å²) in [4.78, 5) is 26.2. The highest BCUT2D eigenvalue weighted by molar-refractivity contribution is 7.91. The van der Waals surface area contributed by atoms with Gasteiger partial charge in [-0.15, -0.1) is 0 Å². The van der Waals surface area contributed by atoms with Gasteiger partial charge in [-0.2, -0.15) is 0 Å². The Balaban J connectivity index is 1.78. The summed E-state index contributed by atoms with van der Waals surface area (Å²) in [5, 5.41) is 0. The van der Waals surface area contributed by atoms with E-state index in [4.69, 9.17) is 4.74 Å². The summed E-state index contributed by atoms with van der Waals surface area (Å²) in [6, 6.07) is 4.22. The van der Waals surface area contributed by atoms with Crippen molar-refractivity contribution < 1.29 is 31.9 Å². The number of nitrogens with zero attached hydrogens (tertiary/aromatic N) is 2. The van der Waals surface area contributed by atoms with Crippen molar-refractivity contribution in [3.05, 3.63) is 24.0 Å². The van der Waals surface area contributed by atoms with Gasteiger partial charge in [-0.3, -0.25) is 4.90 Å². The lowest BCUT2D eigenvalue weighted by atomic mass is 10.2. The van der Waals surface area contributed by atoms with Crippen LogP contribution in [0.1, 0.15) is 6.42 Å². The zero-order valence-corrected chi connectivity index (χ0v) is 15.0. The second kappa shape index (κ2) is 7.10. The van der Waals surface area contributed by atoms with Crippen molar-refractivity contribution in [2.75, 3.05) is 48.0 Å². The van der Waals surface area contributed by atoms with Gasteiger partial charge in [0.2, 0.25) is 6.10 Å². The summed E-state index contributed by atoms with van der Waals surface area (Å²) >= 11 is 0. The molecule has 0 aromatic heterocycles. The van der Waals surface area contributed by atoms with E-state index in [1.807, 2.05) is 0 Å². The van der Waals surface area contributed by atoms with Gasteiger partial charge in [0.1, 0.15) is 5.82 Å². The number of benzene rings is 1. The summed E-state index contributed by atoms with van der Waals surface area (Å²) < 4.78 is 47.4. The molecule has 0 bridgehead atoms. The molecule has 1 aromatic carbocycles. The van der Waals surface area contributed by atoms with E-state index in [-0.39, 0.29) is 36.0 Å². The van der Waals surface area contributed by atoms with Gasteiger partial charge in [0.15, 0.2) is 9.84 Å². The van der Waals surface area contributed by atoms with Gasteiger partial charge in [0.25, 0.3) is 0 Å². The Morgan fingerprint density at radius 1 is 1.31 bits per heavy atom. The molecule has 0 saturated carbocycles. The fraction of sp³-hybridized carbons (Fsp3) is 0.500. The van der Waals surface area contributed by atoms with Crippen molar-refractivity contribution in [3.63, 3.8) is 0 Å². The monoisotopic (exact) mass is 386 g/mol. The van der Waals surface area contributed by atoms with Crippen molar-refractivity contribution in [1.29, 1.82) is 0 Å². The Morgan fingerprint density at radius 2 is 2.08 bits per heavy atom. The number of anilines is 2. The number of carbonyl (C=O) groups is 2. The number of amides is 1. The number of carbonyl (C=O) groups excluding carboxylic acids is 2. The van der Waals surface area contributed by atoms with Crippen molar-refractivity contribution in [1.82, 2.24) is 0 Å². The summed E-state index contributed by atoms with van der Waals surface area (Å²) in [6.45, 7) is 0.590. The van der Waals surface area contributed by atoms with Gasteiger partial charge in [-0.05, 0) is 24.6 Å². The lowest BCUT2D eigenvalue weighted by Crippen LogP contribution is -2.29. The first-order chi connectivity index (χ1) is 12.3. The maximum atomic E-state index is 14.6. The molecule has 0 radical (unpaired) electrons. The van der Waals surface area contributed by atoms with Crippen LogP contribution in [0, 0.1) is 5.82 Å². The zero-order chi connectivity index (χ0) is 18.9. The highest BCUT2D eigenvalue weighted by Gasteiger charge is 2.38. The molecule has 142 valence electrons. The first-order valence-corrected chi connectivity index (χ1v) is 9.94. The summed E-state index contributed by atoms with van der Waals surface area (Å²) in [7, 11) is -1.91. The van der Waals surface area contributed by atoms with Crippen LogP contribution in [0.15, 0.2) is 18.2 Å². The van der Waals surface area contributed by atoms with Crippen LogP contribution >= 0.6 is 0 Å². The van der Waals surface area contributed by atoms with E-state index in [1.54, 1.807) is 11.0 Å². The number of rotatable bonds is 3. The Kier molecular flexibility index (Phi) is 5.03. The minimum Gasteiger partial charge on any atom is -0.466 e. The molecule has 2 saturated heterocycles. The topological polar surface area (TPSA) is 93.2 Å². The van der Waals surface area contributed by atoms with Crippen LogP contribution in [0.25, 0.3) is 0 Å². The van der Waals surface area contributed by atoms with Crippen LogP contribution in [0.2, 0.25) is 0 Å². The van der Waals surface area contributed by atoms with Gasteiger partial charge in [0, 0.05) is 13.1 Å². The van der Waals surface area contributed by atoms with Crippen molar-refractivity contribution in [3.8, 4) is 0 Å². The number of hydrogen-bond acceptors (Lipinski definition) is 7. The maximum absolute atomic E-state index is 14.6. The third-order valence-electron chi connectivity index (χ3n) is 4.42. The normalized spacial score (nSPS) is 22.7. The SMILES string of the molecule is COC(=O)[C@H]1CN(c2ccc(N3CCCS(=O)(=O)CC3)c(F)c2)C(=O)O1. The largest absolute Gasteiger partial charge is 0.466 e. The molecule has 10 heteroatoms. The Hall–Kier alpha value is -2.36. The molecule has 0 unspecified atom stereocenters. The van der Waals surface area contributed by atoms with E-state index in [0.717, 1.165) is 4.90 Å². The second-order valence-corrected chi connectivity index (χ2v) is 8.44. The number of ether oxygens (including phenoxy) is 2. The Bertz CT molecular complexity index is 828. The molecule has 2 heterocycles. The summed E-state index contributed by atoms with van der Waals surface area (Å²) in [5.74, 6) is -1.18. The molecule has 2 fully saturated rings. The minimum atomic E-state index is -3.10. The zero-order valence-electron chi connectivity index (χ0n) is 14.2. The van der Waals surface area contributed by atoms with Crippen molar-refractivity contribution >= 4 is 33.3 Å². The molecule has 2 aliphatic heterocycles. The van der Waals surface area contributed by atoms with Gasteiger partial charge in [-0.1, -0.05) is 0 Å². The van der Waals surface area contributed by atoms with Crippen LogP contribution in [0.5, 0.6) is 0 Å². The Labute approximate surface area is 150 Å². The molecule has 0 aliphatic carbocycles. The molecule has 0 N–H and O–H groups in total. The molecule has 8 nitrogen and oxygen atoms in total. The molecular weight excluding hydrogens is 367 g/mol. The maximum Gasteiger partial charge on any atom is 0.415 e. The third kappa shape index (κ3) is 3.74. The number of hydrogen-bond donors (Lipinski definition) is 0. The van der Waals surface area contributed by atoms with Crippen LogP contribution in [0.3, 0.4) is 0 Å². The van der Waals surface area contributed by atoms with Crippen LogP contribution < -0.4 is 9.80 Å². The number of cyclic esters (lactones) is 1. The number of sulfone groups is 1. The molecular formula is C16H19FN2O6S. The second-order valence-electron chi connectivity index (χ2n) is 6.13. The predicted octanol–water partition coefficient (Wildman–Crippen LogP) is 0.949. The number of halogens is 1. The molecule has 0 spiro atoms. The predicted molar refractivity (Wildman–Crippen MR) is 91.5 cm³/mol. The van der Waals surface area contributed by atoms with Crippen LogP contribution in [-0.2, 0) is 24.1 Å². The highest BCUT2D eigenvalue weighted by atomic mass is 32.2. The quantitative estimate of drug-likeness (QED) is 0.714. The first-order valence-electron chi connectivity index (χ1n) is 8.11. The van der Waals surface area contributed by atoms with Gasteiger partial charge >= 0.3 is 12.1 Å². The lowest BCUT2D eigenvalue weighted by Gasteiger charge is -2.23. The number of methoxy groups -OCH3 is 1. The van der Waals surface area contributed by atoms with E-state index >= 15 is 0 Å². The lowest BCUT2D eigenvalue weighted by molar-refractivity contribution is -0.148. The van der Waals surface area contributed by atoms with Crippen LogP contribution in [0.4, 0.5) is 20.6 Å². The molecule has 1 aromatic rings. The van der Waals surface area contributed by atoms with Crippen molar-refractivity contribution in [2.45, 2.75) is 12.5 Å². The van der Waals surface area contributed by atoms with Gasteiger partial charge in [0.05, 0.1) is 36.5 Å². The smallest absolute Gasteiger partial charge is 0.415 e. The van der Waals surface area contributed by atoms with E-state index in [0.29, 0.717) is 13.0 Å². The van der Waals surface area contributed by atoms with E-state index in [1.165, 1.54) is 19.2 Å². The average molecular weight is 386 g/mol. The average Bonchev–Trinajstić information content (AvgIpc) is 2.89. The molecule has 2 aliphatic rings. The fourth-order valence-electron chi connectivity index (χ4n) is 3.03. The molecule has 1 amide bonds. The van der Waals surface area contributed by atoms with Gasteiger partial charge in [-0.25, -0.2) is 22.4 Å². The summed E-state index contributed by atoms with van der Waals surface area (Å²) in [6.07, 6.45) is -1.37. The van der Waals surface area contributed by atoms with E-state index in [9.17, 15) is 22.4 Å². The fourth-order valence-corrected chi connectivity index (χ4v) is 4.30. The molecule has 26 heavy (non-hydrogen) atoms. The van der Waals surface area contributed by atoms with Crippen LogP contribution in [-0.4, -0.2) is 64.8 Å². The van der Waals surface area contributed by atoms with Gasteiger partial charge < -0.3 is 14.4 Å².